The first-order valence-electron chi connectivity index (χ1n) is 4.44. The van der Waals surface area contributed by atoms with Crippen LogP contribution >= 0.6 is 11.6 Å². The molecule has 2 atom stereocenters. The molecule has 1 aliphatic rings. The average molecular weight is 181 g/mol. The highest BCUT2D eigenvalue weighted by Crippen LogP contribution is 2.47. The topological polar surface area (TPSA) is 0 Å². The lowest BCUT2D eigenvalue weighted by Crippen LogP contribution is -1.84. The summed E-state index contributed by atoms with van der Waals surface area (Å²) in [6, 6.07) is 8.76. The van der Waals surface area contributed by atoms with E-state index in [-0.39, 0.29) is 0 Å². The summed E-state index contributed by atoms with van der Waals surface area (Å²) in [6.45, 7) is 2.14. The van der Waals surface area contributed by atoms with Crippen molar-refractivity contribution in [1.29, 1.82) is 0 Å². The minimum absolute atomic E-state index is 0.744. The summed E-state index contributed by atoms with van der Waals surface area (Å²) in [5, 5.41) is 0. The number of rotatable bonds is 2. The van der Waals surface area contributed by atoms with Gasteiger partial charge in [-0.3, -0.25) is 0 Å². The van der Waals surface area contributed by atoms with Gasteiger partial charge in [0.1, 0.15) is 0 Å². The van der Waals surface area contributed by atoms with Crippen LogP contribution in [0.5, 0.6) is 0 Å². The standard InChI is InChI=1S/C11H13Cl/c1-8-3-2-4-9(5-8)11-6-10(11)7-12/h2-5,10-11H,6-7H2,1H3. The van der Waals surface area contributed by atoms with E-state index in [1.165, 1.54) is 17.5 Å². The molecular weight excluding hydrogens is 168 g/mol. The minimum atomic E-state index is 0.744. The van der Waals surface area contributed by atoms with Crippen LogP contribution in [0.2, 0.25) is 0 Å². The van der Waals surface area contributed by atoms with Crippen LogP contribution in [0.25, 0.3) is 0 Å². The van der Waals surface area contributed by atoms with Gasteiger partial charge >= 0.3 is 0 Å². The Labute approximate surface area is 78.6 Å². The van der Waals surface area contributed by atoms with Crippen molar-refractivity contribution >= 4 is 11.6 Å². The Balaban J connectivity index is 2.14. The molecule has 0 nitrogen and oxygen atoms in total. The van der Waals surface area contributed by atoms with Crippen LogP contribution in [-0.4, -0.2) is 5.88 Å². The van der Waals surface area contributed by atoms with E-state index in [9.17, 15) is 0 Å². The van der Waals surface area contributed by atoms with Crippen molar-refractivity contribution < 1.29 is 0 Å². The van der Waals surface area contributed by atoms with E-state index in [1.54, 1.807) is 0 Å². The lowest BCUT2D eigenvalue weighted by atomic mass is 10.1. The fourth-order valence-electron chi connectivity index (χ4n) is 1.73. The highest BCUT2D eigenvalue weighted by Gasteiger charge is 2.37. The van der Waals surface area contributed by atoms with Crippen LogP contribution in [-0.2, 0) is 0 Å². The summed E-state index contributed by atoms with van der Waals surface area (Å²) in [6.07, 6.45) is 1.28. The lowest BCUT2D eigenvalue weighted by Gasteiger charge is -1.99. The van der Waals surface area contributed by atoms with Crippen molar-refractivity contribution in [3.63, 3.8) is 0 Å². The number of hydrogen-bond donors (Lipinski definition) is 0. The van der Waals surface area contributed by atoms with Gasteiger partial charge in [0.2, 0.25) is 0 Å². The molecule has 0 bridgehead atoms. The molecule has 1 aromatic rings. The van der Waals surface area contributed by atoms with Crippen LogP contribution in [0.4, 0.5) is 0 Å². The molecule has 1 heteroatoms. The zero-order valence-electron chi connectivity index (χ0n) is 7.26. The third kappa shape index (κ3) is 1.49. The molecule has 1 aliphatic carbocycles. The van der Waals surface area contributed by atoms with E-state index in [2.05, 4.69) is 31.2 Å². The highest BCUT2D eigenvalue weighted by molar-refractivity contribution is 6.18. The van der Waals surface area contributed by atoms with Crippen LogP contribution in [0, 0.1) is 12.8 Å². The SMILES string of the molecule is Cc1cccc(C2CC2CCl)c1. The van der Waals surface area contributed by atoms with E-state index in [0.29, 0.717) is 0 Å². The normalized spacial score (nSPS) is 27.2. The molecule has 12 heavy (non-hydrogen) atoms. The summed E-state index contributed by atoms with van der Waals surface area (Å²) >= 11 is 5.78. The minimum Gasteiger partial charge on any atom is -0.126 e. The molecule has 2 rings (SSSR count). The molecule has 1 saturated carbocycles. The van der Waals surface area contributed by atoms with Gasteiger partial charge in [-0.05, 0) is 30.7 Å². The molecule has 0 heterocycles. The number of aryl methyl sites for hydroxylation is 1. The first-order chi connectivity index (χ1) is 5.81. The maximum atomic E-state index is 5.78. The fraction of sp³-hybridized carbons (Fsp3) is 0.455. The predicted octanol–water partition coefficient (Wildman–Crippen LogP) is 3.34. The molecule has 0 saturated heterocycles. The third-order valence-electron chi connectivity index (χ3n) is 2.59. The Morgan fingerprint density at radius 1 is 1.50 bits per heavy atom. The molecule has 0 aromatic heterocycles. The maximum Gasteiger partial charge on any atom is 0.0257 e. The number of benzene rings is 1. The number of alkyl halides is 1. The van der Waals surface area contributed by atoms with Crippen molar-refractivity contribution in [3.8, 4) is 0 Å². The second kappa shape index (κ2) is 3.10. The van der Waals surface area contributed by atoms with E-state index < -0.39 is 0 Å². The van der Waals surface area contributed by atoms with Crippen molar-refractivity contribution in [3.05, 3.63) is 35.4 Å². The molecule has 0 amide bonds. The first kappa shape index (κ1) is 8.12. The van der Waals surface area contributed by atoms with E-state index in [1.807, 2.05) is 0 Å². The number of halogens is 1. The summed E-state index contributed by atoms with van der Waals surface area (Å²) < 4.78 is 0. The van der Waals surface area contributed by atoms with E-state index >= 15 is 0 Å². The Bertz CT molecular complexity index is 280. The second-order valence-electron chi connectivity index (χ2n) is 3.67. The van der Waals surface area contributed by atoms with Gasteiger partial charge in [-0.15, -0.1) is 11.6 Å². The van der Waals surface area contributed by atoms with Gasteiger partial charge in [0.15, 0.2) is 0 Å². The van der Waals surface area contributed by atoms with Crippen LogP contribution in [0.1, 0.15) is 23.5 Å². The molecule has 0 aliphatic heterocycles. The quantitative estimate of drug-likeness (QED) is 0.613. The van der Waals surface area contributed by atoms with Gasteiger partial charge in [0.25, 0.3) is 0 Å². The van der Waals surface area contributed by atoms with Gasteiger partial charge < -0.3 is 0 Å². The smallest absolute Gasteiger partial charge is 0.0257 e. The van der Waals surface area contributed by atoms with E-state index in [0.717, 1.165) is 17.7 Å². The Kier molecular flexibility index (Phi) is 2.10. The molecule has 0 radical (unpaired) electrons. The molecule has 1 fully saturated rings. The van der Waals surface area contributed by atoms with Crippen molar-refractivity contribution in [2.75, 3.05) is 5.88 Å². The number of hydrogen-bond acceptors (Lipinski definition) is 0. The Morgan fingerprint density at radius 3 is 2.92 bits per heavy atom. The summed E-state index contributed by atoms with van der Waals surface area (Å²) in [4.78, 5) is 0. The summed E-state index contributed by atoms with van der Waals surface area (Å²) in [7, 11) is 0. The highest BCUT2D eigenvalue weighted by atomic mass is 35.5. The maximum absolute atomic E-state index is 5.78. The van der Waals surface area contributed by atoms with Crippen LogP contribution in [0.15, 0.2) is 24.3 Å². The van der Waals surface area contributed by atoms with Crippen molar-refractivity contribution in [1.82, 2.24) is 0 Å². The molecule has 0 spiro atoms. The zero-order valence-corrected chi connectivity index (χ0v) is 8.01. The monoisotopic (exact) mass is 180 g/mol. The molecule has 1 aromatic carbocycles. The molecule has 64 valence electrons. The first-order valence-corrected chi connectivity index (χ1v) is 4.97. The summed E-state index contributed by atoms with van der Waals surface area (Å²) in [5.41, 5.74) is 2.83. The molecule has 2 unspecified atom stereocenters. The fourth-order valence-corrected chi connectivity index (χ4v) is 2.07. The lowest BCUT2D eigenvalue weighted by molar-refractivity contribution is 0.922. The zero-order chi connectivity index (χ0) is 8.55. The van der Waals surface area contributed by atoms with Crippen LogP contribution < -0.4 is 0 Å². The third-order valence-corrected chi connectivity index (χ3v) is 2.99. The van der Waals surface area contributed by atoms with Gasteiger partial charge in [-0.2, -0.15) is 0 Å². The second-order valence-corrected chi connectivity index (χ2v) is 3.98. The van der Waals surface area contributed by atoms with Gasteiger partial charge in [0.05, 0.1) is 0 Å². The predicted molar refractivity (Wildman–Crippen MR) is 52.7 cm³/mol. The van der Waals surface area contributed by atoms with Gasteiger partial charge in [0, 0.05) is 5.88 Å². The Morgan fingerprint density at radius 2 is 2.33 bits per heavy atom. The largest absolute Gasteiger partial charge is 0.126 e. The summed E-state index contributed by atoms with van der Waals surface area (Å²) in [5.74, 6) is 2.31. The van der Waals surface area contributed by atoms with Crippen molar-refractivity contribution in [2.45, 2.75) is 19.3 Å². The average Bonchev–Trinajstić information content (AvgIpc) is 2.83. The van der Waals surface area contributed by atoms with Gasteiger partial charge in [-0.1, -0.05) is 29.8 Å². The van der Waals surface area contributed by atoms with E-state index in [4.69, 9.17) is 11.6 Å². The Hall–Kier alpha value is -0.490. The van der Waals surface area contributed by atoms with Crippen molar-refractivity contribution in [2.24, 2.45) is 5.92 Å². The molecular formula is C11H13Cl. The van der Waals surface area contributed by atoms with Gasteiger partial charge in [-0.25, -0.2) is 0 Å². The molecule has 0 N–H and O–H groups in total. The van der Waals surface area contributed by atoms with Crippen LogP contribution in [0.3, 0.4) is 0 Å².